The summed E-state index contributed by atoms with van der Waals surface area (Å²) in [6.07, 6.45) is 0. The van der Waals surface area contributed by atoms with Gasteiger partial charge in [0.15, 0.2) is 0 Å². The van der Waals surface area contributed by atoms with Crippen molar-refractivity contribution in [2.75, 3.05) is 0 Å². The molecular weight excluding hydrogens is 226 g/mol. The van der Waals surface area contributed by atoms with Crippen molar-refractivity contribution in [2.24, 2.45) is 0 Å². The Bertz CT molecular complexity index is 612. The number of hydrogen-bond acceptors (Lipinski definition) is 4. The topological polar surface area (TPSA) is 33.1 Å². The highest BCUT2D eigenvalue weighted by molar-refractivity contribution is 7.18. The maximum Gasteiger partial charge on any atom is 0.222 e. The minimum absolute atomic E-state index is 0.102. The first-order valence-electron chi connectivity index (χ1n) is 4.46. The number of nitrogens with zero attached hydrogens (tertiary/aromatic N) is 1. The molecule has 0 bridgehead atoms. The summed E-state index contributed by atoms with van der Waals surface area (Å²) in [6, 6.07) is 8.23. The van der Waals surface area contributed by atoms with Gasteiger partial charge in [-0.05, 0) is 6.07 Å². The van der Waals surface area contributed by atoms with Crippen LogP contribution in [0.25, 0.3) is 20.7 Å². The monoisotopic (exact) mass is 233 g/mol. The van der Waals surface area contributed by atoms with E-state index in [0.717, 1.165) is 10.6 Å². The Balaban J connectivity index is 2.27. The summed E-state index contributed by atoms with van der Waals surface area (Å²) in [5.74, 6) is 0.102. The van der Waals surface area contributed by atoms with Crippen molar-refractivity contribution < 1.29 is 5.11 Å². The molecule has 2 aromatic heterocycles. The van der Waals surface area contributed by atoms with Crippen LogP contribution in [0.15, 0.2) is 35.0 Å². The summed E-state index contributed by atoms with van der Waals surface area (Å²) in [4.78, 5) is 4.08. The van der Waals surface area contributed by atoms with Crippen LogP contribution >= 0.6 is 22.7 Å². The number of rotatable bonds is 1. The first kappa shape index (κ1) is 8.88. The van der Waals surface area contributed by atoms with Gasteiger partial charge in [-0.25, -0.2) is 4.98 Å². The number of fused-ring (bicyclic) bond motifs is 1. The van der Waals surface area contributed by atoms with Gasteiger partial charge in [0.2, 0.25) is 5.88 Å². The normalized spacial score (nSPS) is 10.9. The Morgan fingerprint density at radius 1 is 1.07 bits per heavy atom. The molecule has 2 heterocycles. The van der Waals surface area contributed by atoms with E-state index in [1.807, 2.05) is 12.1 Å². The van der Waals surface area contributed by atoms with E-state index in [4.69, 9.17) is 0 Å². The van der Waals surface area contributed by atoms with E-state index in [1.54, 1.807) is 16.7 Å². The van der Waals surface area contributed by atoms with E-state index in [2.05, 4.69) is 22.5 Å². The molecule has 15 heavy (non-hydrogen) atoms. The Hall–Kier alpha value is -1.39. The van der Waals surface area contributed by atoms with Gasteiger partial charge in [-0.3, -0.25) is 0 Å². The Kier molecular flexibility index (Phi) is 1.97. The molecule has 4 heteroatoms. The zero-order chi connectivity index (χ0) is 10.3. The molecule has 0 radical (unpaired) electrons. The number of hydrogen-bond donors (Lipinski definition) is 1. The van der Waals surface area contributed by atoms with Crippen LogP contribution < -0.4 is 0 Å². The van der Waals surface area contributed by atoms with Crippen LogP contribution in [0.5, 0.6) is 5.88 Å². The van der Waals surface area contributed by atoms with E-state index >= 15 is 0 Å². The molecule has 1 N–H and O–H groups in total. The highest BCUT2D eigenvalue weighted by atomic mass is 32.1. The van der Waals surface area contributed by atoms with E-state index in [1.165, 1.54) is 21.4 Å². The lowest BCUT2D eigenvalue weighted by atomic mass is 10.2. The zero-order valence-electron chi connectivity index (χ0n) is 7.68. The molecule has 0 fully saturated rings. The Labute approximate surface area is 94.5 Å². The summed E-state index contributed by atoms with van der Waals surface area (Å²) in [7, 11) is 0. The van der Waals surface area contributed by atoms with Crippen molar-refractivity contribution in [3.63, 3.8) is 0 Å². The molecule has 0 aliphatic heterocycles. The van der Waals surface area contributed by atoms with Gasteiger partial charge in [-0.15, -0.1) is 22.7 Å². The van der Waals surface area contributed by atoms with Gasteiger partial charge in [-0.1, -0.05) is 18.2 Å². The third-order valence-electron chi connectivity index (χ3n) is 2.20. The van der Waals surface area contributed by atoms with E-state index in [0.29, 0.717) is 0 Å². The molecule has 74 valence electrons. The highest BCUT2D eigenvalue weighted by Gasteiger charge is 2.09. The van der Waals surface area contributed by atoms with Crippen LogP contribution in [0.2, 0.25) is 0 Å². The van der Waals surface area contributed by atoms with Crippen LogP contribution in [0.4, 0.5) is 0 Å². The Morgan fingerprint density at radius 2 is 1.93 bits per heavy atom. The van der Waals surface area contributed by atoms with Crippen molar-refractivity contribution in [3.05, 3.63) is 35.0 Å². The second-order valence-corrected chi connectivity index (χ2v) is 4.93. The van der Waals surface area contributed by atoms with Crippen molar-refractivity contribution in [2.45, 2.75) is 0 Å². The minimum atomic E-state index is 0.102. The molecule has 1 aromatic carbocycles. The van der Waals surface area contributed by atoms with Crippen LogP contribution in [0.3, 0.4) is 0 Å². The Morgan fingerprint density at radius 3 is 2.73 bits per heavy atom. The zero-order valence-corrected chi connectivity index (χ0v) is 9.31. The summed E-state index contributed by atoms with van der Waals surface area (Å²) in [6.45, 7) is 0. The molecule has 3 rings (SSSR count). The first-order chi connectivity index (χ1) is 7.34. The number of thiazole rings is 1. The molecule has 0 spiro atoms. The van der Waals surface area contributed by atoms with Gasteiger partial charge in [0.05, 0.1) is 5.38 Å². The minimum Gasteiger partial charge on any atom is -0.493 e. The van der Waals surface area contributed by atoms with Gasteiger partial charge in [0.1, 0.15) is 5.01 Å². The molecule has 0 aliphatic carbocycles. The van der Waals surface area contributed by atoms with Gasteiger partial charge >= 0.3 is 0 Å². The number of aromatic nitrogens is 1. The van der Waals surface area contributed by atoms with Crippen molar-refractivity contribution >= 4 is 32.8 Å². The average Bonchev–Trinajstić information content (AvgIpc) is 2.83. The van der Waals surface area contributed by atoms with Crippen LogP contribution in [-0.4, -0.2) is 10.1 Å². The fourth-order valence-electron chi connectivity index (χ4n) is 1.53. The van der Waals surface area contributed by atoms with Crippen LogP contribution in [0.1, 0.15) is 0 Å². The number of thiophene rings is 1. The standard InChI is InChI=1S/C11H7NOS2/c13-10-6-15-11(12-10)8-5-14-9-4-2-1-3-7(8)9/h1-6,13H. The highest BCUT2D eigenvalue weighted by Crippen LogP contribution is 2.36. The molecule has 0 saturated heterocycles. The number of benzene rings is 1. The molecule has 0 unspecified atom stereocenters. The predicted octanol–water partition coefficient (Wildman–Crippen LogP) is 3.73. The van der Waals surface area contributed by atoms with Gasteiger partial charge < -0.3 is 5.11 Å². The summed E-state index contributed by atoms with van der Waals surface area (Å²) in [5.41, 5.74) is 1.11. The van der Waals surface area contributed by atoms with E-state index < -0.39 is 0 Å². The summed E-state index contributed by atoms with van der Waals surface area (Å²) >= 11 is 3.17. The van der Waals surface area contributed by atoms with E-state index in [-0.39, 0.29) is 5.88 Å². The number of aromatic hydroxyl groups is 1. The molecule has 0 saturated carbocycles. The fourth-order valence-corrected chi connectivity index (χ4v) is 3.26. The maximum absolute atomic E-state index is 9.23. The summed E-state index contributed by atoms with van der Waals surface area (Å²) in [5, 5.41) is 15.1. The second kappa shape index (κ2) is 3.32. The molecule has 3 aromatic rings. The quantitative estimate of drug-likeness (QED) is 0.694. The molecule has 0 aliphatic rings. The second-order valence-electron chi connectivity index (χ2n) is 3.16. The molecular formula is C11H7NOS2. The fraction of sp³-hybridized carbons (Fsp3) is 0. The lowest BCUT2D eigenvalue weighted by Crippen LogP contribution is -1.72. The van der Waals surface area contributed by atoms with E-state index in [9.17, 15) is 5.11 Å². The third-order valence-corrected chi connectivity index (χ3v) is 4.03. The lowest BCUT2D eigenvalue weighted by molar-refractivity contribution is 0.458. The van der Waals surface area contributed by atoms with Gasteiger partial charge in [-0.2, -0.15) is 0 Å². The van der Waals surface area contributed by atoms with Gasteiger partial charge in [0.25, 0.3) is 0 Å². The predicted molar refractivity (Wildman–Crippen MR) is 64.6 cm³/mol. The SMILES string of the molecule is Oc1csc(-c2csc3ccccc23)n1. The van der Waals surface area contributed by atoms with Gasteiger partial charge in [0, 0.05) is 21.0 Å². The maximum atomic E-state index is 9.23. The van der Waals surface area contributed by atoms with Crippen molar-refractivity contribution in [3.8, 4) is 16.5 Å². The average molecular weight is 233 g/mol. The largest absolute Gasteiger partial charge is 0.493 e. The van der Waals surface area contributed by atoms with Crippen LogP contribution in [-0.2, 0) is 0 Å². The first-order valence-corrected chi connectivity index (χ1v) is 6.21. The smallest absolute Gasteiger partial charge is 0.222 e. The molecule has 0 amide bonds. The molecule has 2 nitrogen and oxygen atoms in total. The summed E-state index contributed by atoms with van der Waals surface area (Å²) < 4.78 is 1.25. The van der Waals surface area contributed by atoms with Crippen molar-refractivity contribution in [1.82, 2.24) is 4.98 Å². The third kappa shape index (κ3) is 1.42. The molecule has 0 atom stereocenters. The van der Waals surface area contributed by atoms with Crippen molar-refractivity contribution in [1.29, 1.82) is 0 Å². The lowest BCUT2D eigenvalue weighted by Gasteiger charge is -1.92. The van der Waals surface area contributed by atoms with Crippen LogP contribution in [0, 0.1) is 0 Å².